The molecule has 0 heterocycles. The van der Waals surface area contributed by atoms with Crippen molar-refractivity contribution in [2.45, 2.75) is 18.8 Å². The van der Waals surface area contributed by atoms with Crippen molar-refractivity contribution in [3.8, 4) is 0 Å². The SMILES string of the molecule is O=C(O)CC(c1ccc(F)c(Cl)c1F)C(F)F. The average Bonchev–Trinajstić information content (AvgIpc) is 2.23. The Morgan fingerprint density at radius 1 is 1.35 bits per heavy atom. The van der Waals surface area contributed by atoms with Crippen molar-refractivity contribution in [1.82, 2.24) is 0 Å². The van der Waals surface area contributed by atoms with Crippen LogP contribution in [0.4, 0.5) is 17.6 Å². The minimum atomic E-state index is -3.08. The lowest BCUT2D eigenvalue weighted by Gasteiger charge is -2.15. The van der Waals surface area contributed by atoms with Crippen molar-refractivity contribution in [1.29, 1.82) is 0 Å². The van der Waals surface area contributed by atoms with Gasteiger partial charge in [0.05, 0.1) is 12.3 Å². The molecule has 7 heteroatoms. The summed E-state index contributed by atoms with van der Waals surface area (Å²) >= 11 is 5.23. The highest BCUT2D eigenvalue weighted by molar-refractivity contribution is 6.30. The normalized spacial score (nSPS) is 12.8. The first-order chi connectivity index (χ1) is 7.84. The highest BCUT2D eigenvalue weighted by atomic mass is 35.5. The van der Waals surface area contributed by atoms with Crippen LogP contribution in [0.3, 0.4) is 0 Å². The maximum absolute atomic E-state index is 13.4. The van der Waals surface area contributed by atoms with Gasteiger partial charge in [0.15, 0.2) is 0 Å². The van der Waals surface area contributed by atoms with E-state index in [0.717, 1.165) is 12.1 Å². The lowest BCUT2D eigenvalue weighted by atomic mass is 9.95. The fourth-order valence-electron chi connectivity index (χ4n) is 1.35. The van der Waals surface area contributed by atoms with Gasteiger partial charge in [0, 0.05) is 0 Å². The van der Waals surface area contributed by atoms with Crippen LogP contribution >= 0.6 is 11.6 Å². The fourth-order valence-corrected chi connectivity index (χ4v) is 1.52. The number of carbonyl (C=O) groups is 1. The van der Waals surface area contributed by atoms with Crippen molar-refractivity contribution in [2.75, 3.05) is 0 Å². The lowest BCUT2D eigenvalue weighted by Crippen LogP contribution is -2.16. The van der Waals surface area contributed by atoms with E-state index in [4.69, 9.17) is 16.7 Å². The van der Waals surface area contributed by atoms with Crippen molar-refractivity contribution in [3.05, 3.63) is 34.4 Å². The van der Waals surface area contributed by atoms with Crippen LogP contribution < -0.4 is 0 Å². The third-order valence-corrected chi connectivity index (χ3v) is 2.51. The molecule has 0 aliphatic carbocycles. The molecule has 0 fully saturated rings. The van der Waals surface area contributed by atoms with E-state index >= 15 is 0 Å². The molecule has 1 unspecified atom stereocenters. The molecular formula is C10H7ClF4O2. The molecule has 0 spiro atoms. The number of hydrogen-bond acceptors (Lipinski definition) is 1. The largest absolute Gasteiger partial charge is 0.481 e. The van der Waals surface area contributed by atoms with Gasteiger partial charge in [-0.1, -0.05) is 17.7 Å². The van der Waals surface area contributed by atoms with E-state index in [1.54, 1.807) is 0 Å². The van der Waals surface area contributed by atoms with Crippen LogP contribution in [-0.2, 0) is 4.79 Å². The third-order valence-electron chi connectivity index (χ3n) is 2.16. The molecule has 1 aromatic rings. The van der Waals surface area contributed by atoms with Gasteiger partial charge in [-0.15, -0.1) is 0 Å². The second-order valence-corrected chi connectivity index (χ2v) is 3.68. The highest BCUT2D eigenvalue weighted by Crippen LogP contribution is 2.32. The van der Waals surface area contributed by atoms with Gasteiger partial charge in [-0.25, -0.2) is 17.6 Å². The van der Waals surface area contributed by atoms with Crippen molar-refractivity contribution < 1.29 is 27.5 Å². The first-order valence-corrected chi connectivity index (χ1v) is 4.85. The number of benzene rings is 1. The molecule has 1 atom stereocenters. The average molecular weight is 271 g/mol. The van der Waals surface area contributed by atoms with E-state index in [1.165, 1.54) is 0 Å². The maximum atomic E-state index is 13.4. The molecule has 0 amide bonds. The predicted octanol–water partition coefficient (Wildman–Crippen LogP) is 3.44. The second kappa shape index (κ2) is 5.35. The Morgan fingerprint density at radius 2 is 1.94 bits per heavy atom. The quantitative estimate of drug-likeness (QED) is 0.672. The zero-order valence-electron chi connectivity index (χ0n) is 8.26. The Hall–Kier alpha value is -1.30. The van der Waals surface area contributed by atoms with Crippen LogP contribution in [0.1, 0.15) is 17.9 Å². The Bertz CT molecular complexity index is 437. The topological polar surface area (TPSA) is 37.3 Å². The standard InChI is InChI=1S/C10H7ClF4O2/c11-8-6(12)2-1-4(9(8)13)5(10(14)15)3-7(16)17/h1-2,5,10H,3H2,(H,16,17). The summed E-state index contributed by atoms with van der Waals surface area (Å²) < 4.78 is 51.4. The van der Waals surface area contributed by atoms with E-state index in [9.17, 15) is 22.4 Å². The molecule has 0 radical (unpaired) electrons. The predicted molar refractivity (Wildman–Crippen MR) is 52.4 cm³/mol. The van der Waals surface area contributed by atoms with Crippen molar-refractivity contribution in [3.63, 3.8) is 0 Å². The lowest BCUT2D eigenvalue weighted by molar-refractivity contribution is -0.138. The van der Waals surface area contributed by atoms with Crippen LogP contribution in [0.25, 0.3) is 0 Å². The fraction of sp³-hybridized carbons (Fsp3) is 0.300. The number of halogens is 5. The van der Waals surface area contributed by atoms with Crippen LogP contribution in [0.5, 0.6) is 0 Å². The minimum Gasteiger partial charge on any atom is -0.481 e. The number of rotatable bonds is 4. The summed E-state index contributed by atoms with van der Waals surface area (Å²) in [6.45, 7) is 0. The Kier molecular flexibility index (Phi) is 4.34. The van der Waals surface area contributed by atoms with E-state index in [1.807, 2.05) is 0 Å². The van der Waals surface area contributed by atoms with Crippen molar-refractivity contribution in [2.24, 2.45) is 0 Å². The summed E-state index contributed by atoms with van der Waals surface area (Å²) in [6, 6.07) is 1.49. The number of aliphatic carboxylic acids is 1. The van der Waals surface area contributed by atoms with Crippen LogP contribution in [0.15, 0.2) is 12.1 Å². The Morgan fingerprint density at radius 3 is 2.41 bits per heavy atom. The summed E-state index contributed by atoms with van der Waals surface area (Å²) in [5.41, 5.74) is -0.603. The van der Waals surface area contributed by atoms with Crippen LogP contribution in [0, 0.1) is 11.6 Å². The van der Waals surface area contributed by atoms with Crippen molar-refractivity contribution >= 4 is 17.6 Å². The summed E-state index contributed by atoms with van der Waals surface area (Å²) in [7, 11) is 0. The molecule has 0 aliphatic heterocycles. The number of alkyl halides is 2. The van der Waals surface area contributed by atoms with Crippen LogP contribution in [0.2, 0.25) is 5.02 Å². The van der Waals surface area contributed by atoms with E-state index in [0.29, 0.717) is 0 Å². The molecule has 0 saturated heterocycles. The first-order valence-electron chi connectivity index (χ1n) is 4.48. The molecule has 1 aromatic carbocycles. The summed E-state index contributed by atoms with van der Waals surface area (Å²) in [5.74, 6) is -5.80. The molecule has 17 heavy (non-hydrogen) atoms. The minimum absolute atomic E-state index is 0.603. The van der Waals surface area contributed by atoms with E-state index in [-0.39, 0.29) is 0 Å². The number of carboxylic acid groups (broad SMARTS) is 1. The number of carboxylic acids is 1. The van der Waals surface area contributed by atoms with E-state index < -0.39 is 47.0 Å². The van der Waals surface area contributed by atoms with Gasteiger partial charge in [0.2, 0.25) is 6.43 Å². The Balaban J connectivity index is 3.19. The molecular weight excluding hydrogens is 264 g/mol. The van der Waals surface area contributed by atoms with E-state index in [2.05, 4.69) is 0 Å². The van der Waals surface area contributed by atoms with Gasteiger partial charge in [0.1, 0.15) is 16.7 Å². The molecule has 1 rings (SSSR count). The smallest absolute Gasteiger partial charge is 0.304 e. The van der Waals surface area contributed by atoms with Gasteiger partial charge in [-0.05, 0) is 11.6 Å². The maximum Gasteiger partial charge on any atom is 0.304 e. The third kappa shape index (κ3) is 3.09. The summed E-state index contributed by atoms with van der Waals surface area (Å²) in [5, 5.41) is 7.53. The summed E-state index contributed by atoms with van der Waals surface area (Å²) in [6.07, 6.45) is -4.04. The molecule has 2 nitrogen and oxygen atoms in total. The van der Waals surface area contributed by atoms with Gasteiger partial charge in [-0.2, -0.15) is 0 Å². The zero-order valence-corrected chi connectivity index (χ0v) is 9.02. The van der Waals surface area contributed by atoms with Gasteiger partial charge in [-0.3, -0.25) is 4.79 Å². The zero-order chi connectivity index (χ0) is 13.2. The van der Waals surface area contributed by atoms with Gasteiger partial charge < -0.3 is 5.11 Å². The first kappa shape index (κ1) is 13.8. The molecule has 0 bridgehead atoms. The summed E-state index contributed by atoms with van der Waals surface area (Å²) in [4.78, 5) is 10.4. The molecule has 1 N–H and O–H groups in total. The second-order valence-electron chi connectivity index (χ2n) is 3.30. The monoisotopic (exact) mass is 270 g/mol. The Labute approximate surface area is 98.8 Å². The van der Waals surface area contributed by atoms with Crippen LogP contribution in [-0.4, -0.2) is 17.5 Å². The molecule has 0 aliphatic rings. The van der Waals surface area contributed by atoms with Gasteiger partial charge in [0.25, 0.3) is 0 Å². The number of hydrogen-bond donors (Lipinski definition) is 1. The molecule has 0 aromatic heterocycles. The molecule has 94 valence electrons. The molecule has 0 saturated carbocycles. The van der Waals surface area contributed by atoms with Gasteiger partial charge >= 0.3 is 5.97 Å². The highest BCUT2D eigenvalue weighted by Gasteiger charge is 2.29.